The van der Waals surface area contributed by atoms with Crippen LogP contribution in [0.15, 0.2) is 74.5 Å². The average Bonchev–Trinajstić information content (AvgIpc) is 3.10. The maximum atomic E-state index is 12.1. The summed E-state index contributed by atoms with van der Waals surface area (Å²) in [7, 11) is 0. The number of hydrogen-bond donors (Lipinski definition) is 0. The van der Waals surface area contributed by atoms with Gasteiger partial charge in [0.1, 0.15) is 6.61 Å². The number of nitrogens with zero attached hydrogens (tertiary/aromatic N) is 2. The summed E-state index contributed by atoms with van der Waals surface area (Å²) in [4.78, 5) is 13.0. The highest BCUT2D eigenvalue weighted by molar-refractivity contribution is 9.11. The molecule has 3 aromatic carbocycles. The van der Waals surface area contributed by atoms with E-state index in [1.54, 1.807) is 6.07 Å². The quantitative estimate of drug-likeness (QED) is 0.280. The molecule has 0 fully saturated rings. The van der Waals surface area contributed by atoms with Crippen molar-refractivity contribution >= 4 is 55.5 Å². The lowest BCUT2D eigenvalue weighted by Gasteiger charge is -2.25. The Balaban J connectivity index is 1.74. The van der Waals surface area contributed by atoms with E-state index in [0.717, 1.165) is 30.7 Å². The van der Waals surface area contributed by atoms with Crippen molar-refractivity contribution in [3.63, 3.8) is 0 Å². The number of ether oxygens (including phenoxy) is 1. The number of rotatable bonds is 5. The van der Waals surface area contributed by atoms with Crippen LogP contribution >= 0.6 is 43.8 Å². The number of cyclic esters (lactones) is 1. The van der Waals surface area contributed by atoms with Crippen LogP contribution in [-0.2, 0) is 17.9 Å². The highest BCUT2D eigenvalue weighted by Gasteiger charge is 2.23. The zero-order valence-corrected chi connectivity index (χ0v) is 19.1. The highest BCUT2D eigenvalue weighted by Crippen LogP contribution is 2.36. The molecule has 0 bridgehead atoms. The number of esters is 1. The van der Waals surface area contributed by atoms with Crippen LogP contribution in [0, 0.1) is 11.3 Å². The van der Waals surface area contributed by atoms with Gasteiger partial charge < -0.3 is 9.04 Å². The van der Waals surface area contributed by atoms with Crippen molar-refractivity contribution in [2.75, 3.05) is 4.31 Å². The molecule has 1 heterocycles. The monoisotopic (exact) mass is 528 g/mol. The number of anilines is 1. The fourth-order valence-corrected chi connectivity index (χ4v) is 5.24. The van der Waals surface area contributed by atoms with Gasteiger partial charge >= 0.3 is 5.97 Å². The minimum atomic E-state index is -0.291. The van der Waals surface area contributed by atoms with E-state index in [4.69, 9.17) is 4.74 Å². The molecule has 0 N–H and O–H groups in total. The third-order valence-electron chi connectivity index (χ3n) is 4.50. The molecule has 0 aliphatic carbocycles. The number of halogens is 2. The molecule has 0 saturated heterocycles. The first kappa shape index (κ1) is 20.0. The summed E-state index contributed by atoms with van der Waals surface area (Å²) in [5.74, 6) is -0.291. The van der Waals surface area contributed by atoms with Gasteiger partial charge in [0.15, 0.2) is 0 Å². The van der Waals surface area contributed by atoms with Gasteiger partial charge in [0.2, 0.25) is 0 Å². The van der Waals surface area contributed by atoms with Crippen LogP contribution in [0.25, 0.3) is 0 Å². The van der Waals surface area contributed by atoms with E-state index in [0.29, 0.717) is 24.3 Å². The fraction of sp³-hybridized carbons (Fsp3) is 0.0909. The molecule has 0 atom stereocenters. The third kappa shape index (κ3) is 4.35. The van der Waals surface area contributed by atoms with E-state index in [2.05, 4.69) is 42.2 Å². The SMILES string of the molecule is N#Cc1cccc(SN(Cc2c(Br)cccc2Br)c2ccc3c(c2)C(=O)OC3)c1. The number of fused-ring (bicyclic) bond motifs is 1. The van der Waals surface area contributed by atoms with Gasteiger partial charge in [0.05, 0.1) is 23.7 Å². The summed E-state index contributed by atoms with van der Waals surface area (Å²) in [6, 6.07) is 21.4. The molecule has 144 valence electrons. The van der Waals surface area contributed by atoms with Crippen molar-refractivity contribution < 1.29 is 9.53 Å². The Morgan fingerprint density at radius 2 is 1.83 bits per heavy atom. The molecule has 4 rings (SSSR count). The Bertz CT molecular complexity index is 1120. The van der Waals surface area contributed by atoms with Crippen LogP contribution in [0.2, 0.25) is 0 Å². The summed E-state index contributed by atoms with van der Waals surface area (Å²) in [6.07, 6.45) is 0. The molecular weight excluding hydrogens is 516 g/mol. The molecule has 29 heavy (non-hydrogen) atoms. The minimum absolute atomic E-state index is 0.291. The van der Waals surface area contributed by atoms with E-state index in [1.165, 1.54) is 11.9 Å². The number of hydrogen-bond acceptors (Lipinski definition) is 5. The lowest BCUT2D eigenvalue weighted by atomic mass is 10.1. The Hall–Kier alpha value is -2.27. The first-order valence-corrected chi connectivity index (χ1v) is 11.1. The van der Waals surface area contributed by atoms with Gasteiger partial charge in [-0.2, -0.15) is 5.26 Å². The number of carbonyl (C=O) groups excluding carboxylic acids is 1. The largest absolute Gasteiger partial charge is 0.457 e. The molecule has 3 aromatic rings. The van der Waals surface area contributed by atoms with E-state index in [1.807, 2.05) is 54.6 Å². The molecule has 0 aromatic heterocycles. The second-order valence-corrected chi connectivity index (χ2v) is 9.19. The highest BCUT2D eigenvalue weighted by atomic mass is 79.9. The van der Waals surface area contributed by atoms with Gasteiger partial charge in [-0.25, -0.2) is 4.79 Å². The van der Waals surface area contributed by atoms with Crippen molar-refractivity contribution in [2.24, 2.45) is 0 Å². The second-order valence-electron chi connectivity index (χ2n) is 6.39. The van der Waals surface area contributed by atoms with Crippen LogP contribution in [-0.4, -0.2) is 5.97 Å². The smallest absolute Gasteiger partial charge is 0.338 e. The van der Waals surface area contributed by atoms with Crippen molar-refractivity contribution in [1.82, 2.24) is 0 Å². The molecule has 4 nitrogen and oxygen atoms in total. The number of carbonyl (C=O) groups is 1. The van der Waals surface area contributed by atoms with Crippen molar-refractivity contribution in [3.05, 3.63) is 91.9 Å². The van der Waals surface area contributed by atoms with Crippen LogP contribution < -0.4 is 4.31 Å². The topological polar surface area (TPSA) is 53.3 Å². The Kier molecular flexibility index (Phi) is 5.95. The zero-order valence-electron chi connectivity index (χ0n) is 15.1. The van der Waals surface area contributed by atoms with E-state index in [9.17, 15) is 10.1 Å². The molecule has 0 saturated carbocycles. The Labute approximate surface area is 189 Å². The minimum Gasteiger partial charge on any atom is -0.457 e. The van der Waals surface area contributed by atoms with E-state index in [-0.39, 0.29) is 5.97 Å². The third-order valence-corrected chi connectivity index (χ3v) is 7.01. The predicted molar refractivity (Wildman–Crippen MR) is 121 cm³/mol. The molecule has 0 spiro atoms. The zero-order chi connectivity index (χ0) is 20.4. The van der Waals surface area contributed by atoms with Crippen molar-refractivity contribution in [3.8, 4) is 6.07 Å². The van der Waals surface area contributed by atoms with Crippen LogP contribution in [0.3, 0.4) is 0 Å². The summed E-state index contributed by atoms with van der Waals surface area (Å²) < 4.78 is 9.23. The van der Waals surface area contributed by atoms with Crippen LogP contribution in [0.5, 0.6) is 0 Å². The van der Waals surface area contributed by atoms with Gasteiger partial charge in [-0.15, -0.1) is 0 Å². The maximum Gasteiger partial charge on any atom is 0.338 e. The molecule has 0 radical (unpaired) electrons. The number of benzene rings is 3. The van der Waals surface area contributed by atoms with Crippen LogP contribution in [0.1, 0.15) is 27.0 Å². The van der Waals surface area contributed by atoms with Gasteiger partial charge in [-0.1, -0.05) is 50.1 Å². The summed E-state index contributed by atoms with van der Waals surface area (Å²) in [5, 5.41) is 9.22. The van der Waals surface area contributed by atoms with Gasteiger partial charge in [0.25, 0.3) is 0 Å². The summed E-state index contributed by atoms with van der Waals surface area (Å²) in [6.45, 7) is 0.902. The van der Waals surface area contributed by atoms with E-state index >= 15 is 0 Å². The lowest BCUT2D eigenvalue weighted by molar-refractivity contribution is 0.0535. The molecule has 1 aliphatic heterocycles. The van der Waals surface area contributed by atoms with Crippen molar-refractivity contribution in [2.45, 2.75) is 18.0 Å². The molecule has 1 aliphatic rings. The van der Waals surface area contributed by atoms with Gasteiger partial charge in [0, 0.05) is 30.7 Å². The molecule has 0 unspecified atom stereocenters. The second kappa shape index (κ2) is 8.62. The molecule has 0 amide bonds. The number of nitriles is 1. The normalized spacial score (nSPS) is 12.2. The molecular formula is C22H14Br2N2O2S. The van der Waals surface area contributed by atoms with Gasteiger partial charge in [-0.3, -0.25) is 0 Å². The first-order valence-electron chi connectivity index (χ1n) is 8.74. The lowest BCUT2D eigenvalue weighted by Crippen LogP contribution is -2.15. The summed E-state index contributed by atoms with van der Waals surface area (Å²) >= 11 is 8.78. The Morgan fingerprint density at radius 3 is 2.59 bits per heavy atom. The Morgan fingerprint density at radius 1 is 1.07 bits per heavy atom. The van der Waals surface area contributed by atoms with Crippen LogP contribution in [0.4, 0.5) is 5.69 Å². The predicted octanol–water partition coefficient (Wildman–Crippen LogP) is 6.47. The summed E-state index contributed by atoms with van der Waals surface area (Å²) in [5.41, 5.74) is 4.08. The van der Waals surface area contributed by atoms with Gasteiger partial charge in [-0.05, 0) is 54.4 Å². The average molecular weight is 530 g/mol. The first-order chi connectivity index (χ1) is 14.0. The standard InChI is InChI=1S/C22H14Br2N2O2S/c23-20-5-2-6-21(24)19(20)12-26(29-17-4-1-3-14(9-17)11-25)16-8-7-15-13-28-22(27)18(15)10-16/h1-10H,12-13H2. The van der Waals surface area contributed by atoms with E-state index < -0.39 is 0 Å². The molecule has 7 heteroatoms. The fourth-order valence-electron chi connectivity index (χ4n) is 3.01. The maximum absolute atomic E-state index is 12.1. The van der Waals surface area contributed by atoms with Crippen molar-refractivity contribution in [1.29, 1.82) is 5.26 Å².